The zero-order chi connectivity index (χ0) is 13.0. The van der Waals surface area contributed by atoms with E-state index in [1.54, 1.807) is 6.26 Å². The number of likely N-dealkylation sites (tertiary alicyclic amines) is 1. The molecule has 18 heavy (non-hydrogen) atoms. The maximum Gasteiger partial charge on any atom is 0.222 e. The summed E-state index contributed by atoms with van der Waals surface area (Å²) >= 11 is 0. The van der Waals surface area contributed by atoms with E-state index in [2.05, 4.69) is 10.2 Å². The van der Waals surface area contributed by atoms with Gasteiger partial charge < -0.3 is 9.73 Å². The second kappa shape index (κ2) is 6.05. The normalized spacial score (nSPS) is 21.2. The second-order valence-corrected chi connectivity index (χ2v) is 5.32. The molecule has 1 N–H and O–H groups in total. The molecule has 1 fully saturated rings. The molecule has 0 spiro atoms. The van der Waals surface area contributed by atoms with Crippen LogP contribution in [-0.4, -0.2) is 29.9 Å². The molecule has 2 heterocycles. The highest BCUT2D eigenvalue weighted by Crippen LogP contribution is 2.14. The maximum atomic E-state index is 11.7. The molecule has 0 aliphatic carbocycles. The van der Waals surface area contributed by atoms with Gasteiger partial charge in [-0.3, -0.25) is 9.69 Å². The number of rotatable bonds is 4. The van der Waals surface area contributed by atoms with Gasteiger partial charge in [-0.15, -0.1) is 0 Å². The van der Waals surface area contributed by atoms with E-state index in [4.69, 9.17) is 4.42 Å². The van der Waals surface area contributed by atoms with Crippen molar-refractivity contribution >= 4 is 5.91 Å². The number of amides is 1. The van der Waals surface area contributed by atoms with Crippen molar-refractivity contribution in [2.24, 2.45) is 5.92 Å². The van der Waals surface area contributed by atoms with Gasteiger partial charge in [0.1, 0.15) is 5.76 Å². The highest BCUT2D eigenvalue weighted by molar-refractivity contribution is 5.78. The molecule has 1 amide bonds. The third kappa shape index (κ3) is 3.60. The number of piperidine rings is 1. The zero-order valence-electron chi connectivity index (χ0n) is 11.2. The number of furan rings is 1. The number of carbonyl (C=O) groups excluding carboxylic acids is 1. The predicted molar refractivity (Wildman–Crippen MR) is 70.0 cm³/mol. The summed E-state index contributed by atoms with van der Waals surface area (Å²) in [5.41, 5.74) is 0. The van der Waals surface area contributed by atoms with E-state index in [0.29, 0.717) is 0 Å². The molecule has 0 radical (unpaired) electrons. The zero-order valence-corrected chi connectivity index (χ0v) is 11.2. The molecule has 0 saturated carbocycles. The summed E-state index contributed by atoms with van der Waals surface area (Å²) in [6, 6.07) is 4.19. The Morgan fingerprint density at radius 2 is 2.44 bits per heavy atom. The summed E-state index contributed by atoms with van der Waals surface area (Å²) in [4.78, 5) is 14.0. The van der Waals surface area contributed by atoms with Crippen LogP contribution in [0.4, 0.5) is 0 Å². The Bertz CT molecular complexity index is 373. The molecule has 2 rings (SSSR count). The van der Waals surface area contributed by atoms with Crippen molar-refractivity contribution in [2.75, 3.05) is 13.1 Å². The minimum atomic E-state index is 0.0606. The topological polar surface area (TPSA) is 45.5 Å². The van der Waals surface area contributed by atoms with E-state index in [9.17, 15) is 4.79 Å². The average Bonchev–Trinajstić information content (AvgIpc) is 2.82. The Balaban J connectivity index is 1.83. The molecule has 1 aromatic heterocycles. The smallest absolute Gasteiger partial charge is 0.222 e. The number of nitrogens with one attached hydrogen (secondary N) is 1. The summed E-state index contributed by atoms with van der Waals surface area (Å²) in [6.45, 7) is 6.69. The Morgan fingerprint density at radius 1 is 1.61 bits per heavy atom. The number of hydrogen-bond donors (Lipinski definition) is 1. The molecular weight excluding hydrogens is 228 g/mol. The van der Waals surface area contributed by atoms with Crippen molar-refractivity contribution in [1.29, 1.82) is 0 Å². The van der Waals surface area contributed by atoms with Crippen LogP contribution in [0.5, 0.6) is 0 Å². The van der Waals surface area contributed by atoms with E-state index in [0.717, 1.165) is 38.2 Å². The quantitative estimate of drug-likeness (QED) is 0.889. The second-order valence-electron chi connectivity index (χ2n) is 5.32. The highest BCUT2D eigenvalue weighted by Gasteiger charge is 2.22. The number of nitrogens with zero attached hydrogens (tertiary/aromatic N) is 1. The minimum absolute atomic E-state index is 0.0606. The van der Waals surface area contributed by atoms with Crippen LogP contribution in [0.15, 0.2) is 22.8 Å². The molecule has 1 aliphatic heterocycles. The van der Waals surface area contributed by atoms with Crippen molar-refractivity contribution in [1.82, 2.24) is 10.2 Å². The summed E-state index contributed by atoms with van der Waals surface area (Å²) in [6.07, 6.45) is 3.91. The number of carbonyl (C=O) groups is 1. The van der Waals surface area contributed by atoms with Gasteiger partial charge in [-0.25, -0.2) is 0 Å². The van der Waals surface area contributed by atoms with Crippen LogP contribution in [-0.2, 0) is 11.3 Å². The van der Waals surface area contributed by atoms with Gasteiger partial charge in [-0.2, -0.15) is 0 Å². The Labute approximate surface area is 108 Å². The molecule has 1 saturated heterocycles. The van der Waals surface area contributed by atoms with E-state index in [-0.39, 0.29) is 17.9 Å². The van der Waals surface area contributed by atoms with Gasteiger partial charge >= 0.3 is 0 Å². The van der Waals surface area contributed by atoms with Gasteiger partial charge in [0.2, 0.25) is 5.91 Å². The van der Waals surface area contributed by atoms with Crippen LogP contribution >= 0.6 is 0 Å². The summed E-state index contributed by atoms with van der Waals surface area (Å²) in [5.74, 6) is 1.20. The van der Waals surface area contributed by atoms with Crippen LogP contribution in [0.3, 0.4) is 0 Å². The molecule has 0 bridgehead atoms. The van der Waals surface area contributed by atoms with Gasteiger partial charge in [0.15, 0.2) is 0 Å². The first-order valence-corrected chi connectivity index (χ1v) is 6.70. The summed E-state index contributed by atoms with van der Waals surface area (Å²) in [7, 11) is 0. The Hall–Kier alpha value is -1.29. The van der Waals surface area contributed by atoms with E-state index in [1.165, 1.54) is 0 Å². The predicted octanol–water partition coefficient (Wildman–Crippen LogP) is 2.02. The standard InChI is InChI=1S/C14H22N2O2/c1-11(2)14(17)15-12-5-3-7-16(9-12)10-13-6-4-8-18-13/h4,6,8,11-12H,3,5,7,9-10H2,1-2H3,(H,15,17)/t12-/m1/s1. The van der Waals surface area contributed by atoms with Gasteiger partial charge in [0.05, 0.1) is 12.8 Å². The van der Waals surface area contributed by atoms with Gasteiger partial charge in [-0.05, 0) is 31.5 Å². The Kier molecular flexibility index (Phi) is 4.42. The molecule has 100 valence electrons. The fourth-order valence-electron chi connectivity index (χ4n) is 2.31. The highest BCUT2D eigenvalue weighted by atomic mass is 16.3. The molecule has 0 aromatic carbocycles. The average molecular weight is 250 g/mol. The lowest BCUT2D eigenvalue weighted by Crippen LogP contribution is -2.48. The monoisotopic (exact) mass is 250 g/mol. The summed E-state index contributed by atoms with van der Waals surface area (Å²) < 4.78 is 5.36. The van der Waals surface area contributed by atoms with E-state index < -0.39 is 0 Å². The lowest BCUT2D eigenvalue weighted by Gasteiger charge is -2.32. The number of hydrogen-bond acceptors (Lipinski definition) is 3. The van der Waals surface area contributed by atoms with E-state index in [1.807, 2.05) is 26.0 Å². The van der Waals surface area contributed by atoms with Crippen molar-refractivity contribution in [3.63, 3.8) is 0 Å². The molecular formula is C14H22N2O2. The first-order valence-electron chi connectivity index (χ1n) is 6.70. The fraction of sp³-hybridized carbons (Fsp3) is 0.643. The molecule has 4 nitrogen and oxygen atoms in total. The lowest BCUT2D eigenvalue weighted by molar-refractivity contribution is -0.125. The SMILES string of the molecule is CC(C)C(=O)N[C@@H]1CCCN(Cc2ccco2)C1. The third-order valence-corrected chi connectivity index (χ3v) is 3.34. The van der Waals surface area contributed by atoms with Gasteiger partial charge in [0, 0.05) is 18.5 Å². The third-order valence-electron chi connectivity index (χ3n) is 3.34. The molecule has 1 aromatic rings. The van der Waals surface area contributed by atoms with E-state index >= 15 is 0 Å². The molecule has 1 aliphatic rings. The molecule has 4 heteroatoms. The first kappa shape index (κ1) is 13.1. The van der Waals surface area contributed by atoms with Crippen molar-refractivity contribution in [3.05, 3.63) is 24.2 Å². The molecule has 1 atom stereocenters. The van der Waals surface area contributed by atoms with Gasteiger partial charge in [-0.1, -0.05) is 13.8 Å². The lowest BCUT2D eigenvalue weighted by atomic mass is 10.0. The van der Waals surface area contributed by atoms with Crippen molar-refractivity contribution in [3.8, 4) is 0 Å². The van der Waals surface area contributed by atoms with Crippen LogP contribution in [0.2, 0.25) is 0 Å². The summed E-state index contributed by atoms with van der Waals surface area (Å²) in [5, 5.41) is 3.12. The largest absolute Gasteiger partial charge is 0.468 e. The molecule has 0 unspecified atom stereocenters. The maximum absolute atomic E-state index is 11.7. The van der Waals surface area contributed by atoms with Gasteiger partial charge in [0.25, 0.3) is 0 Å². The van der Waals surface area contributed by atoms with Crippen LogP contribution in [0.25, 0.3) is 0 Å². The van der Waals surface area contributed by atoms with Crippen LogP contribution in [0, 0.1) is 5.92 Å². The van der Waals surface area contributed by atoms with Crippen LogP contribution < -0.4 is 5.32 Å². The van der Waals surface area contributed by atoms with Crippen molar-refractivity contribution in [2.45, 2.75) is 39.3 Å². The fourth-order valence-corrected chi connectivity index (χ4v) is 2.31. The van der Waals surface area contributed by atoms with Crippen molar-refractivity contribution < 1.29 is 9.21 Å². The van der Waals surface area contributed by atoms with Crippen LogP contribution in [0.1, 0.15) is 32.4 Å². The Morgan fingerprint density at radius 3 is 3.11 bits per heavy atom. The first-order chi connectivity index (χ1) is 8.65. The minimum Gasteiger partial charge on any atom is -0.468 e.